The first-order valence-electron chi connectivity index (χ1n) is 8.92. The smallest absolute Gasteiger partial charge is 0.416 e. The second-order valence-corrected chi connectivity index (χ2v) is 8.36. The number of anilines is 1. The van der Waals surface area contributed by atoms with Gasteiger partial charge in [0.15, 0.2) is 18.1 Å². The summed E-state index contributed by atoms with van der Waals surface area (Å²) in [4.78, 5) is 20.8. The van der Waals surface area contributed by atoms with Crippen LogP contribution in [0, 0.1) is 6.92 Å². The van der Waals surface area contributed by atoms with Gasteiger partial charge in [0, 0.05) is 28.6 Å². The average molecular weight is 470 g/mol. The monoisotopic (exact) mass is 469 g/mol. The minimum absolute atomic E-state index is 0.235. The molecule has 31 heavy (non-hydrogen) atoms. The zero-order valence-electron chi connectivity index (χ0n) is 16.5. The number of nitrogens with zero attached hydrogens (tertiary/aromatic N) is 2. The predicted molar refractivity (Wildman–Crippen MR) is 113 cm³/mol. The Kier molecular flexibility index (Phi) is 7.39. The maximum atomic E-state index is 12.6. The van der Waals surface area contributed by atoms with Crippen molar-refractivity contribution in [3.05, 3.63) is 58.9 Å². The molecule has 0 aliphatic heterocycles. The van der Waals surface area contributed by atoms with E-state index in [2.05, 4.69) is 15.3 Å². The number of rotatable bonds is 8. The number of methoxy groups -OCH3 is 1. The van der Waals surface area contributed by atoms with Crippen LogP contribution in [0.15, 0.2) is 46.2 Å². The number of alkyl halides is 3. The number of hydrogen-bond acceptors (Lipinski definition) is 7. The maximum Gasteiger partial charge on any atom is 0.416 e. The molecule has 0 unspecified atom stereocenters. The molecule has 6 nitrogen and oxygen atoms in total. The van der Waals surface area contributed by atoms with Gasteiger partial charge in [-0.3, -0.25) is 9.78 Å². The van der Waals surface area contributed by atoms with E-state index in [4.69, 9.17) is 9.47 Å². The number of halogens is 3. The maximum absolute atomic E-state index is 12.6. The van der Waals surface area contributed by atoms with Crippen molar-refractivity contribution < 1.29 is 27.4 Å². The molecule has 0 radical (unpaired) electrons. The number of hydrogen-bond donors (Lipinski definition) is 1. The molecule has 1 amide bonds. The first-order valence-corrected chi connectivity index (χ1v) is 10.8. The molecule has 0 spiro atoms. The Morgan fingerprint density at radius 3 is 2.58 bits per heavy atom. The van der Waals surface area contributed by atoms with Gasteiger partial charge in [-0.2, -0.15) is 13.2 Å². The van der Waals surface area contributed by atoms with Gasteiger partial charge in [0.1, 0.15) is 4.34 Å². The molecule has 0 fully saturated rings. The Morgan fingerprint density at radius 2 is 1.97 bits per heavy atom. The van der Waals surface area contributed by atoms with Crippen LogP contribution in [0.1, 0.15) is 17.0 Å². The number of pyridine rings is 1. The minimum Gasteiger partial charge on any atom is -0.491 e. The topological polar surface area (TPSA) is 73.3 Å². The van der Waals surface area contributed by atoms with Gasteiger partial charge < -0.3 is 14.8 Å². The Bertz CT molecular complexity index is 1040. The minimum atomic E-state index is -4.43. The second-order valence-electron chi connectivity index (χ2n) is 6.28. The van der Waals surface area contributed by atoms with E-state index in [-0.39, 0.29) is 12.3 Å². The third kappa shape index (κ3) is 6.59. The van der Waals surface area contributed by atoms with Crippen molar-refractivity contribution >= 4 is 34.7 Å². The molecule has 0 saturated heterocycles. The molecule has 0 aliphatic rings. The Morgan fingerprint density at radius 1 is 1.23 bits per heavy atom. The number of aryl methyl sites for hydroxylation is 1. The van der Waals surface area contributed by atoms with Crippen LogP contribution in [0.4, 0.5) is 18.9 Å². The van der Waals surface area contributed by atoms with Crippen LogP contribution >= 0.6 is 23.1 Å². The SMILES string of the molecule is COc1cnc(CSc2nc(C)cs2)cc1OCC(=O)Nc1ccc(C(F)(F)F)cc1. The number of thioether (sulfide) groups is 1. The number of benzene rings is 1. The summed E-state index contributed by atoms with van der Waals surface area (Å²) in [7, 11) is 1.46. The van der Waals surface area contributed by atoms with E-state index in [9.17, 15) is 18.0 Å². The summed E-state index contributed by atoms with van der Waals surface area (Å²) in [6.45, 7) is 1.58. The molecule has 164 valence electrons. The largest absolute Gasteiger partial charge is 0.491 e. The zero-order chi connectivity index (χ0) is 22.4. The van der Waals surface area contributed by atoms with Crippen LogP contribution in [-0.4, -0.2) is 29.6 Å². The standard InChI is InChI=1S/C20H18F3N3O3S2/c1-12-10-30-19(25-12)31-11-15-7-16(17(28-2)8-24-15)29-9-18(27)26-14-5-3-13(4-6-14)20(21,22)23/h3-8,10H,9,11H2,1-2H3,(H,26,27). The fraction of sp³-hybridized carbons (Fsp3) is 0.250. The summed E-state index contributed by atoms with van der Waals surface area (Å²) in [5.74, 6) is 0.741. The van der Waals surface area contributed by atoms with Crippen molar-refractivity contribution in [2.24, 2.45) is 0 Å². The molecule has 2 heterocycles. The molecule has 3 aromatic rings. The molecule has 0 atom stereocenters. The van der Waals surface area contributed by atoms with Gasteiger partial charge in [-0.1, -0.05) is 11.8 Å². The highest BCUT2D eigenvalue weighted by molar-refractivity contribution is 8.00. The summed E-state index contributed by atoms with van der Waals surface area (Å²) < 4.78 is 49.6. The van der Waals surface area contributed by atoms with E-state index < -0.39 is 17.6 Å². The van der Waals surface area contributed by atoms with Crippen molar-refractivity contribution in [2.75, 3.05) is 19.0 Å². The number of amides is 1. The van der Waals surface area contributed by atoms with Crippen LogP contribution in [0.25, 0.3) is 0 Å². The van der Waals surface area contributed by atoms with E-state index >= 15 is 0 Å². The third-order valence-electron chi connectivity index (χ3n) is 3.90. The Labute approximate surface area is 184 Å². The molecule has 0 aliphatic carbocycles. The average Bonchev–Trinajstić information content (AvgIpc) is 3.15. The third-order valence-corrected chi connectivity index (χ3v) is 6.08. The molecular weight excluding hydrogens is 451 g/mol. The van der Waals surface area contributed by atoms with Gasteiger partial charge in [0.05, 0.1) is 24.6 Å². The lowest BCUT2D eigenvalue weighted by Crippen LogP contribution is -2.20. The van der Waals surface area contributed by atoms with Crippen molar-refractivity contribution in [1.29, 1.82) is 0 Å². The van der Waals surface area contributed by atoms with Gasteiger partial charge in [-0.05, 0) is 31.2 Å². The van der Waals surface area contributed by atoms with E-state index in [0.717, 1.165) is 27.9 Å². The van der Waals surface area contributed by atoms with E-state index in [1.54, 1.807) is 17.4 Å². The summed E-state index contributed by atoms with van der Waals surface area (Å²) in [5, 5.41) is 4.46. The summed E-state index contributed by atoms with van der Waals surface area (Å²) in [6, 6.07) is 5.84. The van der Waals surface area contributed by atoms with Gasteiger partial charge >= 0.3 is 6.18 Å². The van der Waals surface area contributed by atoms with Crippen molar-refractivity contribution in [3.8, 4) is 11.5 Å². The first kappa shape index (κ1) is 22.9. The molecule has 3 rings (SSSR count). The fourth-order valence-corrected chi connectivity index (χ4v) is 4.18. The highest BCUT2D eigenvalue weighted by atomic mass is 32.2. The lowest BCUT2D eigenvalue weighted by molar-refractivity contribution is -0.137. The van der Waals surface area contributed by atoms with Gasteiger partial charge in [-0.15, -0.1) is 11.3 Å². The zero-order valence-corrected chi connectivity index (χ0v) is 18.2. The van der Waals surface area contributed by atoms with Crippen LogP contribution in [0.2, 0.25) is 0 Å². The van der Waals surface area contributed by atoms with Gasteiger partial charge in [0.2, 0.25) is 0 Å². The lowest BCUT2D eigenvalue weighted by Gasteiger charge is -2.12. The normalized spacial score (nSPS) is 11.3. The van der Waals surface area contributed by atoms with Crippen LogP contribution in [0.3, 0.4) is 0 Å². The van der Waals surface area contributed by atoms with Crippen molar-refractivity contribution in [2.45, 2.75) is 23.2 Å². The molecule has 0 bridgehead atoms. The number of nitrogens with one attached hydrogen (secondary N) is 1. The summed E-state index contributed by atoms with van der Waals surface area (Å²) >= 11 is 3.09. The van der Waals surface area contributed by atoms with Crippen LogP contribution < -0.4 is 14.8 Å². The molecule has 1 aromatic carbocycles. The summed E-state index contributed by atoms with van der Waals surface area (Å²) in [6.07, 6.45) is -2.93. The highest BCUT2D eigenvalue weighted by Gasteiger charge is 2.30. The molecule has 0 saturated carbocycles. The summed E-state index contributed by atoms with van der Waals surface area (Å²) in [5.41, 5.74) is 1.12. The Balaban J connectivity index is 1.58. The van der Waals surface area contributed by atoms with E-state index in [1.807, 2.05) is 12.3 Å². The Hall–Kier alpha value is -2.79. The number of aromatic nitrogens is 2. The molecular formula is C20H18F3N3O3S2. The van der Waals surface area contributed by atoms with Crippen LogP contribution in [0.5, 0.6) is 11.5 Å². The lowest BCUT2D eigenvalue weighted by atomic mass is 10.2. The van der Waals surface area contributed by atoms with Crippen molar-refractivity contribution in [3.63, 3.8) is 0 Å². The fourth-order valence-electron chi connectivity index (χ4n) is 2.43. The highest BCUT2D eigenvalue weighted by Crippen LogP contribution is 2.31. The second kappa shape index (κ2) is 10.0. The molecule has 11 heteroatoms. The van der Waals surface area contributed by atoms with Crippen molar-refractivity contribution in [1.82, 2.24) is 9.97 Å². The van der Waals surface area contributed by atoms with E-state index in [1.165, 1.54) is 37.2 Å². The molecule has 1 N–H and O–H groups in total. The number of carbonyl (C=O) groups excluding carboxylic acids is 1. The molecule has 2 aromatic heterocycles. The van der Waals surface area contributed by atoms with Gasteiger partial charge in [-0.25, -0.2) is 4.98 Å². The van der Waals surface area contributed by atoms with Crippen LogP contribution in [-0.2, 0) is 16.7 Å². The predicted octanol–water partition coefficient (Wildman–Crippen LogP) is 5.18. The van der Waals surface area contributed by atoms with Gasteiger partial charge in [0.25, 0.3) is 5.91 Å². The number of thiazole rings is 1. The quantitative estimate of drug-likeness (QED) is 0.458. The van der Waals surface area contributed by atoms with E-state index in [0.29, 0.717) is 17.3 Å². The number of ether oxygens (including phenoxy) is 2. The first-order chi connectivity index (χ1) is 14.7. The number of carbonyl (C=O) groups is 1.